The van der Waals surface area contributed by atoms with Crippen LogP contribution in [0.4, 0.5) is 0 Å². The van der Waals surface area contributed by atoms with Crippen LogP contribution in [0.3, 0.4) is 0 Å². The number of hydrogen-bond acceptors (Lipinski definition) is 6. The van der Waals surface area contributed by atoms with Gasteiger partial charge in [-0.2, -0.15) is 0 Å². The summed E-state index contributed by atoms with van der Waals surface area (Å²) in [5.41, 5.74) is 0.780. The fraction of sp³-hybridized carbons (Fsp3) is 0.556. The van der Waals surface area contributed by atoms with E-state index in [-0.39, 0.29) is 34.8 Å². The molecule has 1 amide bonds. The molecule has 1 N–H and O–H groups in total. The molecule has 7 nitrogen and oxygen atoms in total. The Morgan fingerprint density at radius 3 is 2.58 bits per heavy atom. The maximum absolute atomic E-state index is 12.5. The predicted octanol–water partition coefficient (Wildman–Crippen LogP) is 1.53. The number of amides is 1. The molecule has 144 valence electrons. The lowest BCUT2D eigenvalue weighted by Crippen LogP contribution is -2.45. The predicted molar refractivity (Wildman–Crippen MR) is 96.7 cm³/mol. The maximum Gasteiger partial charge on any atom is 0.342 e. The van der Waals surface area contributed by atoms with Crippen molar-refractivity contribution in [3.8, 4) is 5.75 Å². The van der Waals surface area contributed by atoms with Crippen LogP contribution in [-0.4, -0.2) is 61.0 Å². The molecule has 1 aliphatic rings. The molecule has 1 atom stereocenters. The Bertz CT molecular complexity index is 787. The van der Waals surface area contributed by atoms with E-state index in [4.69, 9.17) is 4.74 Å². The third kappa shape index (κ3) is 5.20. The van der Waals surface area contributed by atoms with Gasteiger partial charge >= 0.3 is 5.97 Å². The highest BCUT2D eigenvalue weighted by molar-refractivity contribution is 7.91. The second-order valence-electron chi connectivity index (χ2n) is 7.09. The monoisotopic (exact) mass is 383 g/mol. The van der Waals surface area contributed by atoms with Crippen molar-refractivity contribution in [1.29, 1.82) is 0 Å². The van der Waals surface area contributed by atoms with Gasteiger partial charge < -0.3 is 14.7 Å². The smallest absolute Gasteiger partial charge is 0.342 e. The molecular weight excluding hydrogens is 358 g/mol. The van der Waals surface area contributed by atoms with Crippen LogP contribution in [-0.2, 0) is 19.4 Å². The fourth-order valence-corrected chi connectivity index (χ4v) is 4.70. The van der Waals surface area contributed by atoms with Gasteiger partial charge in [0.25, 0.3) is 5.91 Å². The van der Waals surface area contributed by atoms with Crippen molar-refractivity contribution in [2.24, 2.45) is 5.92 Å². The largest absolute Gasteiger partial charge is 0.507 e. The van der Waals surface area contributed by atoms with Crippen molar-refractivity contribution >= 4 is 21.7 Å². The zero-order chi connectivity index (χ0) is 19.5. The second-order valence-corrected chi connectivity index (χ2v) is 9.32. The second kappa shape index (κ2) is 8.07. The van der Waals surface area contributed by atoms with Gasteiger partial charge in [0.2, 0.25) is 0 Å². The van der Waals surface area contributed by atoms with Crippen LogP contribution in [0.15, 0.2) is 18.2 Å². The Kier molecular flexibility index (Phi) is 6.28. The highest BCUT2D eigenvalue weighted by atomic mass is 32.2. The van der Waals surface area contributed by atoms with Gasteiger partial charge in [0.1, 0.15) is 11.3 Å². The van der Waals surface area contributed by atoms with Gasteiger partial charge in [-0.05, 0) is 37.0 Å². The molecule has 0 aliphatic carbocycles. The van der Waals surface area contributed by atoms with E-state index in [2.05, 4.69) is 0 Å². The van der Waals surface area contributed by atoms with Crippen LogP contribution < -0.4 is 0 Å². The number of hydrogen-bond donors (Lipinski definition) is 1. The molecule has 8 heteroatoms. The summed E-state index contributed by atoms with van der Waals surface area (Å²) in [4.78, 5) is 26.1. The number of sulfone groups is 1. The lowest BCUT2D eigenvalue weighted by atomic mass is 10.1. The lowest BCUT2D eigenvalue weighted by molar-refractivity contribution is -0.137. The number of esters is 1. The molecule has 0 spiro atoms. The van der Waals surface area contributed by atoms with E-state index in [0.717, 1.165) is 5.56 Å². The average Bonchev–Trinajstić information content (AvgIpc) is 2.89. The number of phenolic OH excluding ortho intramolecular Hbond substituents is 1. The van der Waals surface area contributed by atoms with Gasteiger partial charge in [0.15, 0.2) is 16.4 Å². The summed E-state index contributed by atoms with van der Waals surface area (Å²) in [6.45, 7) is 5.54. The molecule has 0 aromatic heterocycles. The van der Waals surface area contributed by atoms with E-state index >= 15 is 0 Å². The first-order chi connectivity index (χ1) is 12.1. The Hall–Kier alpha value is -2.09. The SMILES string of the molecule is Cc1ccc(C(=O)OCC(=O)N(CC(C)C)[C@H]2CCS(=O)(=O)C2)c(O)c1. The summed E-state index contributed by atoms with van der Waals surface area (Å²) in [5.74, 6) is -1.27. The molecule has 1 heterocycles. The summed E-state index contributed by atoms with van der Waals surface area (Å²) in [5, 5.41) is 9.82. The highest BCUT2D eigenvalue weighted by Gasteiger charge is 2.35. The molecule has 0 bridgehead atoms. The number of ether oxygens (including phenoxy) is 1. The first kappa shape index (κ1) is 20.2. The standard InChI is InChI=1S/C18H25NO6S/c1-12(2)9-19(14-6-7-26(23,24)11-14)17(21)10-25-18(22)15-5-4-13(3)8-16(15)20/h4-5,8,12,14,20H,6-7,9-11H2,1-3H3/t14-/m0/s1. The Labute approximate surface area is 153 Å². The van der Waals surface area contributed by atoms with Crippen molar-refractivity contribution in [2.75, 3.05) is 24.7 Å². The Morgan fingerprint density at radius 1 is 1.35 bits per heavy atom. The van der Waals surface area contributed by atoms with Gasteiger partial charge in [-0.15, -0.1) is 0 Å². The molecule has 2 rings (SSSR count). The Morgan fingerprint density at radius 2 is 2.04 bits per heavy atom. The van der Waals surface area contributed by atoms with E-state index in [1.165, 1.54) is 17.0 Å². The summed E-state index contributed by atoms with van der Waals surface area (Å²) in [6, 6.07) is 4.15. The number of phenols is 1. The van der Waals surface area contributed by atoms with Crippen LogP contribution in [0.1, 0.15) is 36.2 Å². The van der Waals surface area contributed by atoms with Gasteiger partial charge in [-0.25, -0.2) is 13.2 Å². The molecule has 26 heavy (non-hydrogen) atoms. The number of carbonyl (C=O) groups excluding carboxylic acids is 2. The van der Waals surface area contributed by atoms with Gasteiger partial charge in [0, 0.05) is 12.6 Å². The first-order valence-corrected chi connectivity index (χ1v) is 10.4. The molecule has 0 radical (unpaired) electrons. The topological polar surface area (TPSA) is 101 Å². The maximum atomic E-state index is 12.5. The first-order valence-electron chi connectivity index (χ1n) is 8.55. The number of aryl methyl sites for hydroxylation is 1. The normalized spacial score (nSPS) is 18.7. The minimum atomic E-state index is -3.13. The van der Waals surface area contributed by atoms with Crippen LogP contribution >= 0.6 is 0 Å². The molecule has 0 unspecified atom stereocenters. The van der Waals surface area contributed by atoms with Crippen molar-refractivity contribution in [1.82, 2.24) is 4.90 Å². The third-order valence-corrected chi connectivity index (χ3v) is 5.98. The van der Waals surface area contributed by atoms with E-state index < -0.39 is 28.3 Å². The van der Waals surface area contributed by atoms with E-state index in [1.807, 2.05) is 13.8 Å². The van der Waals surface area contributed by atoms with Crippen LogP contribution in [0.2, 0.25) is 0 Å². The third-order valence-electron chi connectivity index (χ3n) is 4.23. The number of nitrogens with zero attached hydrogens (tertiary/aromatic N) is 1. The van der Waals surface area contributed by atoms with Gasteiger partial charge in [0.05, 0.1) is 11.5 Å². The van der Waals surface area contributed by atoms with Crippen molar-refractivity contribution in [3.63, 3.8) is 0 Å². The zero-order valence-electron chi connectivity index (χ0n) is 15.3. The quantitative estimate of drug-likeness (QED) is 0.748. The van der Waals surface area contributed by atoms with Crippen molar-refractivity contribution < 1.29 is 27.9 Å². The van der Waals surface area contributed by atoms with Crippen LogP contribution in [0.25, 0.3) is 0 Å². The summed E-state index contributed by atoms with van der Waals surface area (Å²) >= 11 is 0. The van der Waals surface area contributed by atoms with Crippen molar-refractivity contribution in [2.45, 2.75) is 33.2 Å². The van der Waals surface area contributed by atoms with Crippen LogP contribution in [0.5, 0.6) is 5.75 Å². The molecule has 1 fully saturated rings. The Balaban J connectivity index is 2.03. The summed E-state index contributed by atoms with van der Waals surface area (Å²) < 4.78 is 28.5. The number of benzene rings is 1. The highest BCUT2D eigenvalue weighted by Crippen LogP contribution is 2.21. The minimum Gasteiger partial charge on any atom is -0.507 e. The van der Waals surface area contributed by atoms with E-state index in [1.54, 1.807) is 13.0 Å². The number of carbonyl (C=O) groups is 2. The van der Waals surface area contributed by atoms with Crippen molar-refractivity contribution in [3.05, 3.63) is 29.3 Å². The fourth-order valence-electron chi connectivity index (χ4n) is 2.97. The molecule has 1 aromatic carbocycles. The average molecular weight is 383 g/mol. The van der Waals surface area contributed by atoms with E-state index in [0.29, 0.717) is 13.0 Å². The van der Waals surface area contributed by atoms with E-state index in [9.17, 15) is 23.1 Å². The van der Waals surface area contributed by atoms with Gasteiger partial charge in [-0.1, -0.05) is 19.9 Å². The number of aromatic hydroxyl groups is 1. The van der Waals surface area contributed by atoms with Gasteiger partial charge in [-0.3, -0.25) is 4.79 Å². The molecule has 1 saturated heterocycles. The number of rotatable bonds is 6. The summed E-state index contributed by atoms with van der Waals surface area (Å²) in [6.07, 6.45) is 0.396. The molecule has 1 aliphatic heterocycles. The summed E-state index contributed by atoms with van der Waals surface area (Å²) in [7, 11) is -3.13. The minimum absolute atomic E-state index is 0.0118. The van der Waals surface area contributed by atoms with Crippen LogP contribution in [0, 0.1) is 12.8 Å². The molecule has 1 aromatic rings. The lowest BCUT2D eigenvalue weighted by Gasteiger charge is -2.29. The zero-order valence-corrected chi connectivity index (χ0v) is 16.1. The molecular formula is C18H25NO6S. The molecule has 0 saturated carbocycles.